The number of hydrogen-bond acceptors (Lipinski definition) is 4. The third-order valence-corrected chi connectivity index (χ3v) is 5.45. The van der Waals surface area contributed by atoms with Crippen LogP contribution in [0.4, 0.5) is 14.5 Å². The van der Waals surface area contributed by atoms with Gasteiger partial charge in [0.25, 0.3) is 0 Å². The first-order chi connectivity index (χ1) is 15.0. The van der Waals surface area contributed by atoms with Gasteiger partial charge in [-0.15, -0.1) is 10.2 Å². The van der Waals surface area contributed by atoms with Crippen LogP contribution in [0, 0.1) is 11.6 Å². The zero-order chi connectivity index (χ0) is 21.8. The number of rotatable bonds is 6. The Hall–Kier alpha value is -3.23. The second kappa shape index (κ2) is 9.28. The molecule has 0 unspecified atom stereocenters. The number of nitrogens with one attached hydrogen (secondary N) is 1. The van der Waals surface area contributed by atoms with Gasteiger partial charge in [-0.3, -0.25) is 9.36 Å². The Morgan fingerprint density at radius 1 is 1.00 bits per heavy atom. The molecule has 0 fully saturated rings. The number of nitrogens with zero attached hydrogens (tertiary/aromatic N) is 3. The summed E-state index contributed by atoms with van der Waals surface area (Å²) in [6.07, 6.45) is 0. The van der Waals surface area contributed by atoms with E-state index in [4.69, 9.17) is 11.6 Å². The number of halogens is 3. The van der Waals surface area contributed by atoms with Crippen molar-refractivity contribution in [3.63, 3.8) is 0 Å². The minimum Gasteiger partial charge on any atom is -0.323 e. The highest BCUT2D eigenvalue weighted by Gasteiger charge is 2.18. The lowest BCUT2D eigenvalue weighted by Crippen LogP contribution is -2.15. The number of aromatic nitrogens is 3. The van der Waals surface area contributed by atoms with E-state index in [1.165, 1.54) is 24.3 Å². The summed E-state index contributed by atoms with van der Waals surface area (Å²) < 4.78 is 29.1. The molecule has 1 amide bonds. The smallest absolute Gasteiger partial charge is 0.234 e. The van der Waals surface area contributed by atoms with Crippen LogP contribution in [0.1, 0.15) is 0 Å². The number of hydrogen-bond donors (Lipinski definition) is 1. The normalized spacial score (nSPS) is 10.8. The van der Waals surface area contributed by atoms with Gasteiger partial charge in [-0.05, 0) is 42.5 Å². The fourth-order valence-corrected chi connectivity index (χ4v) is 3.78. The summed E-state index contributed by atoms with van der Waals surface area (Å²) in [7, 11) is 0. The van der Waals surface area contributed by atoms with E-state index in [0.29, 0.717) is 16.7 Å². The Morgan fingerprint density at radius 2 is 1.74 bits per heavy atom. The van der Waals surface area contributed by atoms with Crippen LogP contribution in [0.2, 0.25) is 5.02 Å². The van der Waals surface area contributed by atoms with Crippen LogP contribution < -0.4 is 5.32 Å². The summed E-state index contributed by atoms with van der Waals surface area (Å²) in [5.41, 5.74) is 1.51. The summed E-state index contributed by atoms with van der Waals surface area (Å²) in [5.74, 6) is -0.876. The molecular formula is C22H15ClF2N4OS. The van der Waals surface area contributed by atoms with Gasteiger partial charge in [0.15, 0.2) is 11.0 Å². The zero-order valence-corrected chi connectivity index (χ0v) is 17.5. The van der Waals surface area contributed by atoms with Gasteiger partial charge in [0.1, 0.15) is 11.6 Å². The van der Waals surface area contributed by atoms with Crippen LogP contribution in [-0.4, -0.2) is 26.4 Å². The minimum atomic E-state index is -0.619. The van der Waals surface area contributed by atoms with Gasteiger partial charge in [0, 0.05) is 16.3 Å². The molecule has 0 aliphatic heterocycles. The first-order valence-corrected chi connectivity index (χ1v) is 10.5. The average Bonchev–Trinajstić information content (AvgIpc) is 3.19. The maximum absolute atomic E-state index is 13.9. The molecule has 0 atom stereocenters. The summed E-state index contributed by atoms with van der Waals surface area (Å²) in [5, 5.41) is 11.7. The largest absolute Gasteiger partial charge is 0.323 e. The van der Waals surface area contributed by atoms with Crippen LogP contribution in [-0.2, 0) is 4.79 Å². The Kier molecular flexibility index (Phi) is 6.29. The predicted molar refractivity (Wildman–Crippen MR) is 118 cm³/mol. The molecule has 5 nitrogen and oxygen atoms in total. The average molecular weight is 457 g/mol. The van der Waals surface area contributed by atoms with Crippen molar-refractivity contribution < 1.29 is 13.6 Å². The van der Waals surface area contributed by atoms with Crippen molar-refractivity contribution in [3.05, 3.63) is 89.5 Å². The number of amides is 1. The molecule has 0 aliphatic carbocycles. The molecule has 9 heteroatoms. The van der Waals surface area contributed by atoms with Crippen molar-refractivity contribution in [1.82, 2.24) is 14.8 Å². The van der Waals surface area contributed by atoms with Crippen LogP contribution in [0.3, 0.4) is 0 Å². The molecule has 0 bridgehead atoms. The van der Waals surface area contributed by atoms with Crippen molar-refractivity contribution in [1.29, 1.82) is 0 Å². The molecule has 0 spiro atoms. The maximum Gasteiger partial charge on any atom is 0.234 e. The fourth-order valence-electron chi connectivity index (χ4n) is 2.87. The molecule has 156 valence electrons. The van der Waals surface area contributed by atoms with Gasteiger partial charge in [0.05, 0.1) is 11.4 Å². The van der Waals surface area contributed by atoms with Crippen molar-refractivity contribution in [2.75, 3.05) is 11.1 Å². The second-order valence-corrected chi connectivity index (χ2v) is 7.82. The molecule has 0 saturated carbocycles. The number of thioether (sulfide) groups is 1. The van der Waals surface area contributed by atoms with Crippen molar-refractivity contribution >= 4 is 35.0 Å². The number of benzene rings is 3. The summed E-state index contributed by atoms with van der Waals surface area (Å²) in [4.78, 5) is 12.4. The van der Waals surface area contributed by atoms with E-state index in [9.17, 15) is 13.6 Å². The summed E-state index contributed by atoms with van der Waals surface area (Å²) in [6, 6.07) is 19.3. The van der Waals surface area contributed by atoms with Gasteiger partial charge in [-0.25, -0.2) is 8.78 Å². The molecule has 1 aromatic heterocycles. The van der Waals surface area contributed by atoms with Gasteiger partial charge in [0.2, 0.25) is 5.91 Å². The fraction of sp³-hybridized carbons (Fsp3) is 0.0455. The molecule has 31 heavy (non-hydrogen) atoms. The number of carbonyl (C=O) groups excluding carboxylic acids is 1. The van der Waals surface area contributed by atoms with Crippen molar-refractivity contribution in [3.8, 4) is 17.1 Å². The molecule has 4 rings (SSSR count). The maximum atomic E-state index is 13.9. The molecule has 1 heterocycles. The molecule has 0 aliphatic rings. The molecule has 3 aromatic carbocycles. The summed E-state index contributed by atoms with van der Waals surface area (Å²) in [6.45, 7) is 0. The molecule has 1 N–H and O–H groups in total. The van der Waals surface area contributed by atoms with Crippen molar-refractivity contribution in [2.24, 2.45) is 0 Å². The Morgan fingerprint density at radius 3 is 2.45 bits per heavy atom. The lowest BCUT2D eigenvalue weighted by molar-refractivity contribution is -0.113. The monoisotopic (exact) mass is 456 g/mol. The Labute approximate surface area is 186 Å². The molecule has 0 radical (unpaired) electrons. The topological polar surface area (TPSA) is 59.8 Å². The van der Waals surface area contributed by atoms with Crippen LogP contribution in [0.5, 0.6) is 0 Å². The first kappa shape index (κ1) is 21.0. The van der Waals surface area contributed by atoms with E-state index in [1.54, 1.807) is 16.7 Å². The minimum absolute atomic E-state index is 0.0316. The van der Waals surface area contributed by atoms with Crippen molar-refractivity contribution in [2.45, 2.75) is 5.16 Å². The Bertz CT molecular complexity index is 1220. The molecular weight excluding hydrogens is 442 g/mol. The first-order valence-electron chi connectivity index (χ1n) is 9.16. The molecule has 0 saturated heterocycles. The predicted octanol–water partition coefficient (Wildman–Crippen LogP) is 5.60. The van der Waals surface area contributed by atoms with Gasteiger partial charge in [-0.2, -0.15) is 0 Å². The van der Waals surface area contributed by atoms with Gasteiger partial charge >= 0.3 is 0 Å². The second-order valence-electron chi connectivity index (χ2n) is 6.45. The van der Waals surface area contributed by atoms with E-state index in [2.05, 4.69) is 15.5 Å². The van der Waals surface area contributed by atoms with Crippen LogP contribution in [0.25, 0.3) is 17.1 Å². The Balaban J connectivity index is 1.58. The highest BCUT2D eigenvalue weighted by Crippen LogP contribution is 2.28. The quantitative estimate of drug-likeness (QED) is 0.384. The van der Waals surface area contributed by atoms with E-state index < -0.39 is 11.7 Å². The van der Waals surface area contributed by atoms with E-state index in [1.807, 2.05) is 30.3 Å². The van der Waals surface area contributed by atoms with E-state index in [0.717, 1.165) is 23.4 Å². The highest BCUT2D eigenvalue weighted by molar-refractivity contribution is 7.99. The third kappa shape index (κ3) is 4.92. The van der Waals surface area contributed by atoms with Crippen LogP contribution >= 0.6 is 23.4 Å². The van der Waals surface area contributed by atoms with Gasteiger partial charge < -0.3 is 5.32 Å². The highest BCUT2D eigenvalue weighted by atomic mass is 35.5. The van der Waals surface area contributed by atoms with Gasteiger partial charge in [-0.1, -0.05) is 53.7 Å². The summed E-state index contributed by atoms with van der Waals surface area (Å²) >= 11 is 6.87. The SMILES string of the molecule is O=C(CSc1nnc(-c2ccccc2)n1-c1ccc(F)cc1)Nc1ccc(Cl)cc1F. The standard InChI is InChI=1S/C22H15ClF2N4OS/c23-15-6-11-19(18(25)12-15)26-20(30)13-31-22-28-27-21(14-4-2-1-3-5-14)29(22)17-9-7-16(24)8-10-17/h1-12H,13H2,(H,26,30). The number of anilines is 1. The third-order valence-electron chi connectivity index (χ3n) is 4.29. The number of carbonyl (C=O) groups is 1. The lowest BCUT2D eigenvalue weighted by atomic mass is 10.2. The van der Waals surface area contributed by atoms with E-state index >= 15 is 0 Å². The zero-order valence-electron chi connectivity index (χ0n) is 15.9. The van der Waals surface area contributed by atoms with E-state index in [-0.39, 0.29) is 22.3 Å². The van der Waals surface area contributed by atoms with Crippen LogP contribution in [0.15, 0.2) is 78.0 Å². The lowest BCUT2D eigenvalue weighted by Gasteiger charge is -2.11. The molecule has 4 aromatic rings.